The van der Waals surface area contributed by atoms with Gasteiger partial charge in [-0.15, -0.1) is 0 Å². The smallest absolute Gasteiger partial charge is 0.310 e. The maximum Gasteiger partial charge on any atom is 0.310 e. The second-order valence-electron chi connectivity index (χ2n) is 10.6. The summed E-state index contributed by atoms with van der Waals surface area (Å²) in [4.78, 5) is 24.8. The van der Waals surface area contributed by atoms with E-state index in [2.05, 4.69) is 13.8 Å². The molecule has 0 aliphatic heterocycles. The van der Waals surface area contributed by atoms with Crippen molar-refractivity contribution in [3.8, 4) is 0 Å². The van der Waals surface area contributed by atoms with Crippen molar-refractivity contribution >= 4 is 11.9 Å². The molecule has 1 aliphatic rings. The Balaban J connectivity index is 1.98. The molecule has 0 heterocycles. The van der Waals surface area contributed by atoms with E-state index in [0.29, 0.717) is 6.61 Å². The van der Waals surface area contributed by atoms with Gasteiger partial charge in [-0.2, -0.15) is 0 Å². The van der Waals surface area contributed by atoms with Crippen LogP contribution in [-0.2, 0) is 19.1 Å². The van der Waals surface area contributed by atoms with Crippen LogP contribution in [-0.4, -0.2) is 24.6 Å². The highest BCUT2D eigenvalue weighted by Crippen LogP contribution is 2.32. The zero-order valence-electron chi connectivity index (χ0n) is 21.7. The fraction of sp³-hybridized carbons (Fsp3) is 0.929. The largest absolute Gasteiger partial charge is 0.465 e. The van der Waals surface area contributed by atoms with Crippen molar-refractivity contribution in [2.24, 2.45) is 17.8 Å². The van der Waals surface area contributed by atoms with E-state index in [9.17, 15) is 9.59 Å². The zero-order chi connectivity index (χ0) is 23.6. The van der Waals surface area contributed by atoms with Crippen LogP contribution in [0.25, 0.3) is 0 Å². The quantitative estimate of drug-likeness (QED) is 0.156. The Kier molecular flexibility index (Phi) is 16.6. The van der Waals surface area contributed by atoms with Crippen molar-refractivity contribution in [1.82, 2.24) is 0 Å². The van der Waals surface area contributed by atoms with Gasteiger partial charge in [-0.1, -0.05) is 104 Å². The van der Waals surface area contributed by atoms with Crippen LogP contribution in [0.2, 0.25) is 0 Å². The Labute approximate surface area is 198 Å². The van der Waals surface area contributed by atoms with Crippen molar-refractivity contribution in [2.75, 3.05) is 6.61 Å². The third-order valence-electron chi connectivity index (χ3n) is 6.64. The molecule has 2 unspecified atom stereocenters. The minimum absolute atomic E-state index is 0.138. The molecule has 0 N–H and O–H groups in total. The summed E-state index contributed by atoms with van der Waals surface area (Å²) in [6, 6.07) is 0. The molecule has 0 aromatic rings. The highest BCUT2D eigenvalue weighted by Gasteiger charge is 2.38. The van der Waals surface area contributed by atoms with E-state index >= 15 is 0 Å². The fourth-order valence-electron chi connectivity index (χ4n) is 4.72. The lowest BCUT2D eigenvalue weighted by molar-refractivity contribution is -0.165. The number of hydrogen-bond acceptors (Lipinski definition) is 4. The van der Waals surface area contributed by atoms with Crippen molar-refractivity contribution in [2.45, 2.75) is 143 Å². The summed E-state index contributed by atoms with van der Waals surface area (Å²) < 4.78 is 10.9. The van der Waals surface area contributed by atoms with E-state index in [1.54, 1.807) is 0 Å². The zero-order valence-corrected chi connectivity index (χ0v) is 21.7. The molecule has 0 spiro atoms. The van der Waals surface area contributed by atoms with Gasteiger partial charge in [0, 0.05) is 0 Å². The Bertz CT molecular complexity index is 486. The molecule has 4 nitrogen and oxygen atoms in total. The number of carbonyl (C=O) groups excluding carboxylic acids is 2. The standard InChI is InChI=1S/C28H52O4/c1-23(2)19-15-13-11-9-7-5-6-8-10-12-14-18-22-31-27(29)25-20-16-17-21-26(25)28(30)32-24(3)4/h23-26H,5-22H2,1-4H3. The highest BCUT2D eigenvalue weighted by molar-refractivity contribution is 5.82. The fourth-order valence-corrected chi connectivity index (χ4v) is 4.72. The van der Waals surface area contributed by atoms with Gasteiger partial charge in [-0.05, 0) is 39.0 Å². The molecule has 1 fully saturated rings. The third-order valence-corrected chi connectivity index (χ3v) is 6.64. The van der Waals surface area contributed by atoms with Crippen LogP contribution >= 0.6 is 0 Å². The number of rotatable bonds is 18. The van der Waals surface area contributed by atoms with Gasteiger partial charge in [-0.3, -0.25) is 9.59 Å². The van der Waals surface area contributed by atoms with Crippen molar-refractivity contribution in [3.05, 3.63) is 0 Å². The van der Waals surface area contributed by atoms with Crippen LogP contribution < -0.4 is 0 Å². The third kappa shape index (κ3) is 14.2. The molecule has 0 aromatic heterocycles. The number of hydrogen-bond donors (Lipinski definition) is 0. The number of esters is 2. The molecule has 188 valence electrons. The van der Waals surface area contributed by atoms with Crippen molar-refractivity contribution < 1.29 is 19.1 Å². The average Bonchev–Trinajstić information content (AvgIpc) is 2.75. The van der Waals surface area contributed by atoms with E-state index in [1.165, 1.54) is 70.6 Å². The molecule has 2 atom stereocenters. The first-order valence-electron chi connectivity index (χ1n) is 13.8. The lowest BCUT2D eigenvalue weighted by atomic mass is 9.79. The molecule has 32 heavy (non-hydrogen) atoms. The van der Waals surface area contributed by atoms with Gasteiger partial charge >= 0.3 is 11.9 Å². The van der Waals surface area contributed by atoms with E-state index in [-0.39, 0.29) is 29.9 Å². The van der Waals surface area contributed by atoms with E-state index in [0.717, 1.165) is 44.4 Å². The molecule has 1 saturated carbocycles. The van der Waals surface area contributed by atoms with Crippen LogP contribution in [0.15, 0.2) is 0 Å². The Hall–Kier alpha value is -1.06. The van der Waals surface area contributed by atoms with Crippen LogP contribution in [0.1, 0.15) is 137 Å². The summed E-state index contributed by atoms with van der Waals surface area (Å²) in [5.74, 6) is -0.206. The second-order valence-corrected chi connectivity index (χ2v) is 10.6. The maximum atomic E-state index is 12.5. The molecule has 0 bridgehead atoms. The van der Waals surface area contributed by atoms with Gasteiger partial charge in [-0.25, -0.2) is 0 Å². The lowest BCUT2D eigenvalue weighted by Gasteiger charge is -2.28. The Morgan fingerprint density at radius 3 is 1.56 bits per heavy atom. The minimum atomic E-state index is -0.321. The van der Waals surface area contributed by atoms with Gasteiger partial charge in [0.05, 0.1) is 24.5 Å². The first-order chi connectivity index (χ1) is 15.4. The van der Waals surface area contributed by atoms with Crippen LogP contribution in [0.5, 0.6) is 0 Å². The lowest BCUT2D eigenvalue weighted by Crippen LogP contribution is -2.36. The molecule has 1 rings (SSSR count). The van der Waals surface area contributed by atoms with Crippen LogP contribution in [0.4, 0.5) is 0 Å². The molecular weight excluding hydrogens is 400 g/mol. The highest BCUT2D eigenvalue weighted by atomic mass is 16.5. The predicted octanol–water partition coefficient (Wildman–Crippen LogP) is 8.01. The number of unbranched alkanes of at least 4 members (excludes halogenated alkanes) is 11. The first-order valence-corrected chi connectivity index (χ1v) is 13.8. The predicted molar refractivity (Wildman–Crippen MR) is 132 cm³/mol. The minimum Gasteiger partial charge on any atom is -0.465 e. The molecule has 0 aromatic carbocycles. The van der Waals surface area contributed by atoms with Crippen molar-refractivity contribution in [3.63, 3.8) is 0 Å². The Morgan fingerprint density at radius 1 is 0.656 bits per heavy atom. The Morgan fingerprint density at radius 2 is 1.09 bits per heavy atom. The van der Waals surface area contributed by atoms with Crippen LogP contribution in [0, 0.1) is 17.8 Å². The van der Waals surface area contributed by atoms with Crippen molar-refractivity contribution in [1.29, 1.82) is 0 Å². The number of carbonyl (C=O) groups is 2. The topological polar surface area (TPSA) is 52.6 Å². The monoisotopic (exact) mass is 452 g/mol. The number of ether oxygens (including phenoxy) is 2. The summed E-state index contributed by atoms with van der Waals surface area (Å²) in [7, 11) is 0. The summed E-state index contributed by atoms with van der Waals surface area (Å²) in [6.07, 6.45) is 20.3. The molecule has 4 heteroatoms. The van der Waals surface area contributed by atoms with E-state index in [4.69, 9.17) is 9.47 Å². The van der Waals surface area contributed by atoms with E-state index < -0.39 is 0 Å². The first kappa shape index (κ1) is 29.0. The SMILES string of the molecule is CC(C)CCCCCCCCCCCCCCOC(=O)C1CCCCC1C(=O)OC(C)C. The van der Waals surface area contributed by atoms with Gasteiger partial charge in [0.25, 0.3) is 0 Å². The van der Waals surface area contributed by atoms with E-state index in [1.807, 2.05) is 13.8 Å². The second kappa shape index (κ2) is 18.4. The summed E-state index contributed by atoms with van der Waals surface area (Å²) in [5, 5.41) is 0. The normalized spacial score (nSPS) is 18.8. The van der Waals surface area contributed by atoms with Crippen LogP contribution in [0.3, 0.4) is 0 Å². The molecule has 0 amide bonds. The van der Waals surface area contributed by atoms with Gasteiger partial charge < -0.3 is 9.47 Å². The van der Waals surface area contributed by atoms with Gasteiger partial charge in [0.15, 0.2) is 0 Å². The summed E-state index contributed by atoms with van der Waals surface area (Å²) >= 11 is 0. The molecule has 1 aliphatic carbocycles. The molecular formula is C28H52O4. The molecule has 0 radical (unpaired) electrons. The summed E-state index contributed by atoms with van der Waals surface area (Å²) in [6.45, 7) is 8.81. The maximum absolute atomic E-state index is 12.5. The van der Waals surface area contributed by atoms with Gasteiger partial charge in [0.2, 0.25) is 0 Å². The summed E-state index contributed by atoms with van der Waals surface area (Å²) in [5.41, 5.74) is 0. The van der Waals surface area contributed by atoms with Gasteiger partial charge in [0.1, 0.15) is 0 Å². The average molecular weight is 453 g/mol. The molecule has 0 saturated heterocycles.